The summed E-state index contributed by atoms with van der Waals surface area (Å²) in [6.45, 7) is 0. The largest absolute Gasteiger partial charge is 0.493 e. The van der Waals surface area contributed by atoms with Gasteiger partial charge in [-0.15, -0.1) is 0 Å². The summed E-state index contributed by atoms with van der Waals surface area (Å²) in [6, 6.07) is 16.8. The molecule has 2 aromatic carbocycles. The van der Waals surface area contributed by atoms with E-state index in [1.807, 2.05) is 36.4 Å². The van der Waals surface area contributed by atoms with Crippen molar-refractivity contribution >= 4 is 45.6 Å². The number of carbonyl (C=O) groups excluding carboxylic acids is 1. The van der Waals surface area contributed by atoms with Gasteiger partial charge in [-0.3, -0.25) is 4.79 Å². The highest BCUT2D eigenvalue weighted by atomic mass is 32.2. The monoisotopic (exact) mass is 420 g/mol. The van der Waals surface area contributed by atoms with Crippen molar-refractivity contribution < 1.29 is 14.3 Å². The fraction of sp³-hybridized carbons (Fsp3) is 0.136. The summed E-state index contributed by atoms with van der Waals surface area (Å²) >= 11 is 1.38. The molecule has 0 fully saturated rings. The Balaban J connectivity index is 1.51. The number of hydrogen-bond donors (Lipinski definition) is 2. The molecule has 1 aromatic heterocycles. The van der Waals surface area contributed by atoms with Gasteiger partial charge in [-0.2, -0.15) is 0 Å². The van der Waals surface area contributed by atoms with Crippen molar-refractivity contribution in [2.45, 2.75) is 0 Å². The van der Waals surface area contributed by atoms with E-state index in [-0.39, 0.29) is 11.7 Å². The molecule has 1 aliphatic rings. The lowest BCUT2D eigenvalue weighted by Gasteiger charge is -2.11. The molecule has 4 rings (SSSR count). The Morgan fingerprint density at radius 1 is 1.07 bits per heavy atom. The van der Waals surface area contributed by atoms with Gasteiger partial charge < -0.3 is 20.1 Å². The SMILES string of the molecule is COc1ccc(NC(=O)CSC2=Nc3cccnc3Nc3ccccc32)cc1OC. The highest BCUT2D eigenvalue weighted by Crippen LogP contribution is 2.35. The number of amides is 1. The number of aromatic nitrogens is 1. The highest BCUT2D eigenvalue weighted by Gasteiger charge is 2.18. The Bertz CT molecular complexity index is 1120. The molecular weight excluding hydrogens is 400 g/mol. The van der Waals surface area contributed by atoms with Crippen molar-refractivity contribution in [3.63, 3.8) is 0 Å². The predicted molar refractivity (Wildman–Crippen MR) is 121 cm³/mol. The summed E-state index contributed by atoms with van der Waals surface area (Å²) in [5.41, 5.74) is 3.20. The molecule has 8 heteroatoms. The third-order valence-electron chi connectivity index (χ3n) is 4.43. The van der Waals surface area contributed by atoms with Crippen LogP contribution in [0.15, 0.2) is 65.8 Å². The van der Waals surface area contributed by atoms with Crippen LogP contribution in [0.3, 0.4) is 0 Å². The number of hydrogen-bond acceptors (Lipinski definition) is 7. The van der Waals surface area contributed by atoms with Gasteiger partial charge in [-0.05, 0) is 30.3 Å². The number of para-hydroxylation sites is 1. The quantitative estimate of drug-likeness (QED) is 0.627. The van der Waals surface area contributed by atoms with Crippen molar-refractivity contribution in [2.24, 2.45) is 4.99 Å². The van der Waals surface area contributed by atoms with Crippen molar-refractivity contribution in [3.8, 4) is 11.5 Å². The summed E-state index contributed by atoms with van der Waals surface area (Å²) in [6.07, 6.45) is 1.72. The van der Waals surface area contributed by atoms with E-state index in [0.717, 1.165) is 22.0 Å². The van der Waals surface area contributed by atoms with Gasteiger partial charge in [0.05, 0.1) is 20.0 Å². The minimum absolute atomic E-state index is 0.143. The standard InChI is InChI=1S/C22H20N4O3S/c1-28-18-10-9-14(12-19(18)29-2)24-20(27)13-30-22-15-6-3-4-7-16(15)25-21-17(26-22)8-5-11-23-21/h3-12H,13H2,1-2H3,(H,23,25)(H,24,27). The van der Waals surface area contributed by atoms with Crippen LogP contribution in [-0.2, 0) is 4.79 Å². The summed E-state index contributed by atoms with van der Waals surface area (Å²) in [5, 5.41) is 6.96. The van der Waals surface area contributed by atoms with Gasteiger partial charge in [-0.25, -0.2) is 9.98 Å². The second-order valence-electron chi connectivity index (χ2n) is 6.37. The molecule has 0 spiro atoms. The Morgan fingerprint density at radius 3 is 2.73 bits per heavy atom. The van der Waals surface area contributed by atoms with Crippen LogP contribution in [0.2, 0.25) is 0 Å². The van der Waals surface area contributed by atoms with E-state index in [0.29, 0.717) is 23.0 Å². The lowest BCUT2D eigenvalue weighted by Crippen LogP contribution is -2.15. The van der Waals surface area contributed by atoms with Crippen molar-refractivity contribution in [2.75, 3.05) is 30.6 Å². The van der Waals surface area contributed by atoms with Crippen LogP contribution in [0.4, 0.5) is 22.9 Å². The average Bonchev–Trinajstić information content (AvgIpc) is 2.94. The minimum atomic E-state index is -0.143. The first kappa shape index (κ1) is 19.8. The molecular formula is C22H20N4O3S. The second-order valence-corrected chi connectivity index (χ2v) is 7.33. The number of aliphatic imine (C=N–C) groups is 1. The maximum absolute atomic E-state index is 12.6. The molecule has 1 aliphatic heterocycles. The van der Waals surface area contributed by atoms with Gasteiger partial charge >= 0.3 is 0 Å². The molecule has 7 nitrogen and oxygen atoms in total. The summed E-state index contributed by atoms with van der Waals surface area (Å²) in [7, 11) is 3.13. The molecule has 2 heterocycles. The van der Waals surface area contributed by atoms with Crippen molar-refractivity contribution in [1.82, 2.24) is 4.98 Å². The number of pyridine rings is 1. The number of carbonyl (C=O) groups is 1. The Kier molecular flexibility index (Phi) is 5.85. The third kappa shape index (κ3) is 4.23. The molecule has 1 amide bonds. The molecule has 0 aliphatic carbocycles. The van der Waals surface area contributed by atoms with E-state index >= 15 is 0 Å². The van der Waals surface area contributed by atoms with Crippen LogP contribution >= 0.6 is 11.8 Å². The zero-order valence-electron chi connectivity index (χ0n) is 16.5. The molecule has 0 radical (unpaired) electrons. The number of rotatable bonds is 5. The number of benzene rings is 2. The third-order valence-corrected chi connectivity index (χ3v) is 5.42. The fourth-order valence-electron chi connectivity index (χ4n) is 3.01. The molecule has 152 valence electrons. The zero-order chi connectivity index (χ0) is 20.9. The smallest absolute Gasteiger partial charge is 0.234 e. The van der Waals surface area contributed by atoms with E-state index in [9.17, 15) is 4.79 Å². The van der Waals surface area contributed by atoms with E-state index in [4.69, 9.17) is 14.5 Å². The summed E-state index contributed by atoms with van der Waals surface area (Å²) < 4.78 is 10.5. The van der Waals surface area contributed by atoms with Gasteiger partial charge in [0, 0.05) is 29.2 Å². The Labute approximate surface area is 178 Å². The first-order valence-electron chi connectivity index (χ1n) is 9.22. The number of nitrogens with zero attached hydrogens (tertiary/aromatic N) is 2. The first-order chi connectivity index (χ1) is 14.7. The van der Waals surface area contributed by atoms with Gasteiger partial charge in [0.15, 0.2) is 17.3 Å². The lowest BCUT2D eigenvalue weighted by molar-refractivity contribution is -0.113. The van der Waals surface area contributed by atoms with Gasteiger partial charge in [-0.1, -0.05) is 30.0 Å². The normalized spacial score (nSPS) is 11.9. The molecule has 3 aromatic rings. The predicted octanol–water partition coefficient (Wildman–Crippen LogP) is 4.61. The first-order valence-corrected chi connectivity index (χ1v) is 10.2. The van der Waals surface area contributed by atoms with E-state index in [1.165, 1.54) is 11.8 Å². The Morgan fingerprint density at radius 2 is 1.90 bits per heavy atom. The Hall–Kier alpha value is -3.52. The number of nitrogens with one attached hydrogen (secondary N) is 2. The maximum atomic E-state index is 12.6. The summed E-state index contributed by atoms with van der Waals surface area (Å²) in [5.74, 6) is 1.91. The summed E-state index contributed by atoms with van der Waals surface area (Å²) in [4.78, 5) is 21.7. The van der Waals surface area contributed by atoms with Crippen LogP contribution in [0.25, 0.3) is 0 Å². The average molecular weight is 420 g/mol. The molecule has 0 bridgehead atoms. The molecule has 0 atom stereocenters. The maximum Gasteiger partial charge on any atom is 0.234 e. The van der Waals surface area contributed by atoms with Gasteiger partial charge in [0.2, 0.25) is 5.91 Å². The second kappa shape index (κ2) is 8.87. The molecule has 0 unspecified atom stereocenters. The van der Waals surface area contributed by atoms with Crippen LogP contribution in [0.1, 0.15) is 5.56 Å². The molecule has 30 heavy (non-hydrogen) atoms. The number of methoxy groups -OCH3 is 2. The van der Waals surface area contributed by atoms with Gasteiger partial charge in [0.25, 0.3) is 0 Å². The van der Waals surface area contributed by atoms with E-state index < -0.39 is 0 Å². The molecule has 0 saturated heterocycles. The number of fused-ring (bicyclic) bond motifs is 2. The molecule has 2 N–H and O–H groups in total. The number of anilines is 3. The lowest BCUT2D eigenvalue weighted by atomic mass is 10.2. The van der Waals surface area contributed by atoms with E-state index in [1.54, 1.807) is 38.6 Å². The van der Waals surface area contributed by atoms with Crippen LogP contribution in [-0.4, -0.2) is 35.9 Å². The minimum Gasteiger partial charge on any atom is -0.493 e. The fourth-order valence-corrected chi connectivity index (χ4v) is 3.85. The van der Waals surface area contributed by atoms with Crippen LogP contribution in [0.5, 0.6) is 11.5 Å². The van der Waals surface area contributed by atoms with Crippen molar-refractivity contribution in [1.29, 1.82) is 0 Å². The zero-order valence-corrected chi connectivity index (χ0v) is 17.3. The van der Waals surface area contributed by atoms with Crippen molar-refractivity contribution in [3.05, 3.63) is 66.4 Å². The number of thioether (sulfide) groups is 1. The molecule has 0 saturated carbocycles. The van der Waals surface area contributed by atoms with Crippen LogP contribution < -0.4 is 20.1 Å². The topological polar surface area (TPSA) is 84.8 Å². The number of ether oxygens (including phenoxy) is 2. The van der Waals surface area contributed by atoms with Crippen LogP contribution in [0, 0.1) is 0 Å². The van der Waals surface area contributed by atoms with Gasteiger partial charge in [0.1, 0.15) is 10.7 Å². The van der Waals surface area contributed by atoms with E-state index in [2.05, 4.69) is 15.6 Å². The highest BCUT2D eigenvalue weighted by molar-refractivity contribution is 8.15.